The minimum atomic E-state index is -2.73. The number of H-pyrrole nitrogens is 1. The predicted molar refractivity (Wildman–Crippen MR) is 83.3 cm³/mol. The van der Waals surface area contributed by atoms with Crippen LogP contribution in [0.2, 0.25) is 0 Å². The van der Waals surface area contributed by atoms with Gasteiger partial charge in [0.05, 0.1) is 18.0 Å². The molecule has 2 atom stereocenters. The summed E-state index contributed by atoms with van der Waals surface area (Å²) in [4.78, 5) is 12.6. The first-order valence-electron chi connectivity index (χ1n) is 7.89. The molecule has 0 saturated heterocycles. The zero-order valence-electron chi connectivity index (χ0n) is 13.1. The van der Waals surface area contributed by atoms with Crippen molar-refractivity contribution in [3.05, 3.63) is 41.2 Å². The number of benzene rings is 1. The lowest BCUT2D eigenvalue weighted by Crippen LogP contribution is -2.26. The van der Waals surface area contributed by atoms with Crippen molar-refractivity contribution in [3.8, 4) is 5.75 Å². The van der Waals surface area contributed by atoms with Gasteiger partial charge in [-0.1, -0.05) is 18.2 Å². The SMILES string of the molecule is Cc1[nH]nc(C(F)F)c1NC(=O)C1CC12CCOc1ccccc12. The van der Waals surface area contributed by atoms with Crippen LogP contribution in [0.3, 0.4) is 0 Å². The number of amides is 1. The number of aromatic nitrogens is 2. The number of carbonyl (C=O) groups is 1. The number of nitrogens with zero attached hydrogens (tertiary/aromatic N) is 1. The molecule has 2 unspecified atom stereocenters. The van der Waals surface area contributed by atoms with Crippen molar-refractivity contribution in [1.82, 2.24) is 10.2 Å². The van der Waals surface area contributed by atoms with Gasteiger partial charge < -0.3 is 10.1 Å². The molecule has 1 aliphatic carbocycles. The van der Waals surface area contributed by atoms with Crippen LogP contribution in [0.25, 0.3) is 0 Å². The molecule has 24 heavy (non-hydrogen) atoms. The van der Waals surface area contributed by atoms with Gasteiger partial charge in [-0.2, -0.15) is 5.10 Å². The molecule has 5 nitrogen and oxygen atoms in total. The van der Waals surface area contributed by atoms with Crippen molar-refractivity contribution < 1.29 is 18.3 Å². The highest BCUT2D eigenvalue weighted by atomic mass is 19.3. The number of alkyl halides is 2. The van der Waals surface area contributed by atoms with Crippen LogP contribution in [0.1, 0.15) is 36.2 Å². The van der Waals surface area contributed by atoms with Crippen LogP contribution in [-0.4, -0.2) is 22.7 Å². The molecule has 2 heterocycles. The molecule has 126 valence electrons. The smallest absolute Gasteiger partial charge is 0.284 e. The Kier molecular flexibility index (Phi) is 3.33. The first-order chi connectivity index (χ1) is 11.5. The first kappa shape index (κ1) is 15.1. The summed E-state index contributed by atoms with van der Waals surface area (Å²) in [6, 6.07) is 7.71. The van der Waals surface area contributed by atoms with E-state index in [2.05, 4.69) is 15.5 Å². The number of aryl methyl sites for hydroxylation is 1. The van der Waals surface area contributed by atoms with Crippen molar-refractivity contribution in [2.45, 2.75) is 31.6 Å². The normalized spacial score (nSPS) is 24.6. The number of nitrogens with one attached hydrogen (secondary N) is 2. The van der Waals surface area contributed by atoms with Crippen molar-refractivity contribution >= 4 is 11.6 Å². The van der Waals surface area contributed by atoms with E-state index in [0.29, 0.717) is 18.7 Å². The van der Waals surface area contributed by atoms with Gasteiger partial charge in [-0.15, -0.1) is 0 Å². The number of ether oxygens (including phenoxy) is 1. The van der Waals surface area contributed by atoms with E-state index < -0.39 is 12.1 Å². The van der Waals surface area contributed by atoms with Crippen LogP contribution >= 0.6 is 0 Å². The van der Waals surface area contributed by atoms with Crippen molar-refractivity contribution in [1.29, 1.82) is 0 Å². The maximum Gasteiger partial charge on any atom is 0.284 e. The lowest BCUT2D eigenvalue weighted by atomic mass is 9.87. The van der Waals surface area contributed by atoms with E-state index in [9.17, 15) is 13.6 Å². The first-order valence-corrected chi connectivity index (χ1v) is 7.89. The molecule has 2 N–H and O–H groups in total. The second-order valence-electron chi connectivity index (χ2n) is 6.41. The predicted octanol–water partition coefficient (Wildman–Crippen LogP) is 3.33. The van der Waals surface area contributed by atoms with Gasteiger partial charge in [-0.25, -0.2) is 8.78 Å². The standard InChI is InChI=1S/C17H17F2N3O2/c1-9-13(14(15(18)19)22-21-9)20-16(23)11-8-17(11)6-7-24-12-5-3-2-4-10(12)17/h2-5,11,15H,6-8H2,1H3,(H,20,23)(H,21,22). The Balaban J connectivity index is 1.58. The largest absolute Gasteiger partial charge is 0.493 e. The highest BCUT2D eigenvalue weighted by Crippen LogP contribution is 2.60. The fraction of sp³-hybridized carbons (Fsp3) is 0.412. The van der Waals surface area contributed by atoms with E-state index >= 15 is 0 Å². The number of carbonyl (C=O) groups excluding carboxylic acids is 1. The molecular weight excluding hydrogens is 316 g/mol. The Hall–Kier alpha value is -2.44. The zero-order chi connectivity index (χ0) is 16.9. The lowest BCUT2D eigenvalue weighted by Gasteiger charge is -2.26. The van der Waals surface area contributed by atoms with Crippen LogP contribution in [0.5, 0.6) is 5.75 Å². The highest BCUT2D eigenvalue weighted by Gasteiger charge is 2.61. The van der Waals surface area contributed by atoms with Gasteiger partial charge >= 0.3 is 0 Å². The Morgan fingerprint density at radius 1 is 1.46 bits per heavy atom. The van der Waals surface area contributed by atoms with Gasteiger partial charge in [-0.3, -0.25) is 9.89 Å². The van der Waals surface area contributed by atoms with Crippen LogP contribution in [-0.2, 0) is 10.2 Å². The van der Waals surface area contributed by atoms with Crippen LogP contribution < -0.4 is 10.1 Å². The topological polar surface area (TPSA) is 67.0 Å². The number of para-hydroxylation sites is 1. The Morgan fingerprint density at radius 3 is 3.04 bits per heavy atom. The third-order valence-corrected chi connectivity index (χ3v) is 5.05. The number of rotatable bonds is 3. The molecule has 7 heteroatoms. The van der Waals surface area contributed by atoms with Gasteiger partial charge in [0.15, 0.2) is 5.69 Å². The summed E-state index contributed by atoms with van der Waals surface area (Å²) in [6.07, 6.45) is -1.27. The van der Waals surface area contributed by atoms with Crippen LogP contribution in [0, 0.1) is 12.8 Å². The maximum atomic E-state index is 13.0. The molecule has 1 saturated carbocycles. The molecular formula is C17H17F2N3O2. The van der Waals surface area contributed by atoms with Gasteiger partial charge in [-0.05, 0) is 25.8 Å². The number of fused-ring (bicyclic) bond motifs is 2. The van der Waals surface area contributed by atoms with E-state index in [4.69, 9.17) is 4.74 Å². The molecule has 1 spiro atoms. The summed E-state index contributed by atoms with van der Waals surface area (Å²) in [5, 5.41) is 8.73. The summed E-state index contributed by atoms with van der Waals surface area (Å²) in [7, 11) is 0. The summed E-state index contributed by atoms with van der Waals surface area (Å²) in [5.41, 5.74) is 0.914. The second kappa shape index (κ2) is 5.29. The number of hydrogen-bond donors (Lipinski definition) is 2. The molecule has 1 aromatic carbocycles. The Bertz CT molecular complexity index is 805. The third-order valence-electron chi connectivity index (χ3n) is 5.05. The Labute approximate surface area is 137 Å². The van der Waals surface area contributed by atoms with Gasteiger partial charge in [0.1, 0.15) is 5.75 Å². The molecule has 1 fully saturated rings. The van der Waals surface area contributed by atoms with Gasteiger partial charge in [0.25, 0.3) is 6.43 Å². The molecule has 0 radical (unpaired) electrons. The maximum absolute atomic E-state index is 13.0. The minimum Gasteiger partial charge on any atom is -0.493 e. The monoisotopic (exact) mass is 333 g/mol. The van der Waals surface area contributed by atoms with E-state index in [0.717, 1.165) is 17.7 Å². The summed E-state index contributed by atoms with van der Waals surface area (Å²) in [6.45, 7) is 2.18. The summed E-state index contributed by atoms with van der Waals surface area (Å²) in [5.74, 6) is 0.340. The molecule has 1 aromatic heterocycles. The Morgan fingerprint density at radius 2 is 2.25 bits per heavy atom. The quantitative estimate of drug-likeness (QED) is 0.905. The van der Waals surface area contributed by atoms with Crippen LogP contribution in [0.15, 0.2) is 24.3 Å². The summed E-state index contributed by atoms with van der Waals surface area (Å²) >= 11 is 0. The highest BCUT2D eigenvalue weighted by molar-refractivity contribution is 5.97. The fourth-order valence-corrected chi connectivity index (χ4v) is 3.68. The molecule has 1 aliphatic heterocycles. The average molecular weight is 333 g/mol. The fourth-order valence-electron chi connectivity index (χ4n) is 3.68. The van der Waals surface area contributed by atoms with Crippen LogP contribution in [0.4, 0.5) is 14.5 Å². The van der Waals surface area contributed by atoms with Crippen molar-refractivity contribution in [3.63, 3.8) is 0 Å². The van der Waals surface area contributed by atoms with Gasteiger partial charge in [0.2, 0.25) is 5.91 Å². The van der Waals surface area contributed by atoms with Crippen molar-refractivity contribution in [2.75, 3.05) is 11.9 Å². The summed E-state index contributed by atoms with van der Waals surface area (Å²) < 4.78 is 31.7. The molecule has 1 amide bonds. The number of anilines is 1. The number of aromatic amines is 1. The van der Waals surface area contributed by atoms with Crippen molar-refractivity contribution in [2.24, 2.45) is 5.92 Å². The average Bonchev–Trinajstić information content (AvgIpc) is 3.17. The minimum absolute atomic E-state index is 0.0948. The second-order valence-corrected chi connectivity index (χ2v) is 6.41. The van der Waals surface area contributed by atoms with E-state index in [-0.39, 0.29) is 22.9 Å². The van der Waals surface area contributed by atoms with E-state index in [1.165, 1.54) is 0 Å². The molecule has 2 aromatic rings. The lowest BCUT2D eigenvalue weighted by molar-refractivity contribution is -0.117. The molecule has 0 bridgehead atoms. The number of halogens is 2. The zero-order valence-corrected chi connectivity index (χ0v) is 13.1. The van der Waals surface area contributed by atoms with E-state index in [1.807, 2.05) is 24.3 Å². The number of hydrogen-bond acceptors (Lipinski definition) is 3. The molecule has 4 rings (SSSR count). The molecule has 2 aliphatic rings. The van der Waals surface area contributed by atoms with E-state index in [1.54, 1.807) is 6.92 Å². The third kappa shape index (κ3) is 2.18. The van der Waals surface area contributed by atoms with Gasteiger partial charge in [0, 0.05) is 16.9 Å².